The summed E-state index contributed by atoms with van der Waals surface area (Å²) in [6.07, 6.45) is 2.07. The summed E-state index contributed by atoms with van der Waals surface area (Å²) < 4.78 is 51.5. The molecule has 0 bridgehead atoms. The Morgan fingerprint density at radius 3 is 2.85 bits per heavy atom. The fourth-order valence-corrected chi connectivity index (χ4v) is 4.33. The number of nitrogens with zero attached hydrogens (tertiary/aromatic N) is 2. The van der Waals surface area contributed by atoms with Crippen LogP contribution in [0.3, 0.4) is 0 Å². The van der Waals surface area contributed by atoms with E-state index in [0.717, 1.165) is 18.9 Å². The zero-order valence-corrected chi connectivity index (χ0v) is 15.2. The standard InChI is InChI=1S/C16H14FN3O4S2/c1-23-13-5-4-10(8-11(13)17)26(21,22)20-12-6-7-25-14(12)16-18-15(19-24-16)9-2-3-9/h4-9,20H,2-3H2,1H3. The third-order valence-corrected chi connectivity index (χ3v) is 6.19. The van der Waals surface area contributed by atoms with Gasteiger partial charge in [-0.15, -0.1) is 11.3 Å². The van der Waals surface area contributed by atoms with E-state index < -0.39 is 15.8 Å². The maximum absolute atomic E-state index is 13.8. The molecule has 10 heteroatoms. The van der Waals surface area contributed by atoms with Crippen molar-refractivity contribution in [3.05, 3.63) is 41.3 Å². The summed E-state index contributed by atoms with van der Waals surface area (Å²) in [4.78, 5) is 4.64. The molecule has 0 amide bonds. The van der Waals surface area contributed by atoms with E-state index >= 15 is 0 Å². The average Bonchev–Trinajstić information content (AvgIpc) is 3.17. The van der Waals surface area contributed by atoms with Crippen molar-refractivity contribution in [2.45, 2.75) is 23.7 Å². The predicted octanol–water partition coefficient (Wildman–Crippen LogP) is 3.62. The Labute approximate surface area is 152 Å². The van der Waals surface area contributed by atoms with E-state index in [9.17, 15) is 12.8 Å². The van der Waals surface area contributed by atoms with Crippen LogP contribution in [0.2, 0.25) is 0 Å². The average molecular weight is 395 g/mol. The number of sulfonamides is 1. The van der Waals surface area contributed by atoms with Gasteiger partial charge in [0, 0.05) is 5.92 Å². The second kappa shape index (κ2) is 6.36. The van der Waals surface area contributed by atoms with E-state index in [1.54, 1.807) is 11.4 Å². The van der Waals surface area contributed by atoms with Crippen LogP contribution >= 0.6 is 11.3 Å². The van der Waals surface area contributed by atoms with Crippen LogP contribution in [-0.4, -0.2) is 25.7 Å². The van der Waals surface area contributed by atoms with Crippen molar-refractivity contribution in [2.24, 2.45) is 0 Å². The molecule has 0 atom stereocenters. The summed E-state index contributed by atoms with van der Waals surface area (Å²) in [6, 6.07) is 5.04. The molecular weight excluding hydrogens is 381 g/mol. The van der Waals surface area contributed by atoms with Gasteiger partial charge >= 0.3 is 0 Å². The van der Waals surface area contributed by atoms with E-state index in [4.69, 9.17) is 9.26 Å². The Balaban J connectivity index is 1.62. The van der Waals surface area contributed by atoms with E-state index in [1.165, 1.54) is 30.6 Å². The van der Waals surface area contributed by atoms with Crippen LogP contribution < -0.4 is 9.46 Å². The van der Waals surface area contributed by atoms with Crippen LogP contribution in [0, 0.1) is 5.82 Å². The van der Waals surface area contributed by atoms with Crippen molar-refractivity contribution in [1.82, 2.24) is 10.1 Å². The number of hydrogen-bond acceptors (Lipinski definition) is 7. The number of methoxy groups -OCH3 is 1. The van der Waals surface area contributed by atoms with Crippen molar-refractivity contribution in [3.8, 4) is 16.5 Å². The number of ether oxygens (including phenoxy) is 1. The molecule has 1 N–H and O–H groups in total. The van der Waals surface area contributed by atoms with Gasteiger partial charge in [0.1, 0.15) is 4.88 Å². The van der Waals surface area contributed by atoms with Crippen LogP contribution in [0.1, 0.15) is 24.6 Å². The van der Waals surface area contributed by atoms with Gasteiger partial charge in [-0.05, 0) is 42.5 Å². The molecule has 7 nitrogen and oxygen atoms in total. The van der Waals surface area contributed by atoms with Gasteiger partial charge in [0.25, 0.3) is 15.9 Å². The molecule has 3 aromatic rings. The van der Waals surface area contributed by atoms with E-state index in [1.807, 2.05) is 0 Å². The van der Waals surface area contributed by atoms with Gasteiger partial charge in [0.2, 0.25) is 0 Å². The summed E-state index contributed by atoms with van der Waals surface area (Å²) in [7, 11) is -2.68. The normalized spacial score (nSPS) is 14.4. The van der Waals surface area contributed by atoms with Crippen LogP contribution in [0.5, 0.6) is 5.75 Å². The first-order chi connectivity index (χ1) is 12.5. The number of rotatable bonds is 6. The lowest BCUT2D eigenvalue weighted by atomic mass is 10.3. The molecule has 4 rings (SSSR count). The second-order valence-electron chi connectivity index (χ2n) is 5.80. The lowest BCUT2D eigenvalue weighted by Crippen LogP contribution is -2.13. The number of aromatic nitrogens is 2. The van der Waals surface area contributed by atoms with E-state index in [-0.39, 0.29) is 16.5 Å². The predicted molar refractivity (Wildman–Crippen MR) is 93.3 cm³/mol. The maximum atomic E-state index is 13.8. The highest BCUT2D eigenvalue weighted by Crippen LogP contribution is 2.40. The Morgan fingerprint density at radius 2 is 2.15 bits per heavy atom. The minimum absolute atomic E-state index is 0.0290. The molecule has 1 saturated carbocycles. The Hall–Kier alpha value is -2.46. The van der Waals surface area contributed by atoms with Crippen molar-refractivity contribution in [2.75, 3.05) is 11.8 Å². The molecule has 0 aliphatic heterocycles. The summed E-state index contributed by atoms with van der Waals surface area (Å²) in [5.74, 6) is 0.445. The second-order valence-corrected chi connectivity index (χ2v) is 8.40. The fraction of sp³-hybridized carbons (Fsp3) is 0.250. The highest BCUT2D eigenvalue weighted by atomic mass is 32.2. The largest absolute Gasteiger partial charge is 0.494 e. The zero-order valence-electron chi connectivity index (χ0n) is 13.6. The fourth-order valence-electron chi connectivity index (χ4n) is 2.41. The monoisotopic (exact) mass is 395 g/mol. The number of hydrogen-bond donors (Lipinski definition) is 1. The van der Waals surface area contributed by atoms with Gasteiger partial charge in [-0.3, -0.25) is 4.72 Å². The minimum Gasteiger partial charge on any atom is -0.494 e. The zero-order chi connectivity index (χ0) is 18.3. The lowest BCUT2D eigenvalue weighted by molar-refractivity contribution is 0.385. The Morgan fingerprint density at radius 1 is 1.35 bits per heavy atom. The van der Waals surface area contributed by atoms with Crippen LogP contribution in [0.4, 0.5) is 10.1 Å². The number of anilines is 1. The number of thiophene rings is 1. The third kappa shape index (κ3) is 3.17. The maximum Gasteiger partial charge on any atom is 0.270 e. The smallest absolute Gasteiger partial charge is 0.270 e. The molecule has 1 aliphatic carbocycles. The van der Waals surface area contributed by atoms with Crippen molar-refractivity contribution >= 4 is 27.0 Å². The van der Waals surface area contributed by atoms with Gasteiger partial charge in [0.05, 0.1) is 17.7 Å². The molecule has 1 aromatic carbocycles. The first kappa shape index (κ1) is 17.0. The summed E-state index contributed by atoms with van der Waals surface area (Å²) >= 11 is 1.28. The first-order valence-electron chi connectivity index (χ1n) is 7.76. The molecule has 2 aromatic heterocycles. The highest BCUT2D eigenvalue weighted by molar-refractivity contribution is 7.92. The molecule has 0 radical (unpaired) electrons. The molecular formula is C16H14FN3O4S2. The van der Waals surface area contributed by atoms with Gasteiger partial charge < -0.3 is 9.26 Å². The van der Waals surface area contributed by atoms with Gasteiger partial charge in [-0.2, -0.15) is 4.98 Å². The molecule has 1 fully saturated rings. The Kier molecular flexibility index (Phi) is 4.16. The van der Waals surface area contributed by atoms with Gasteiger partial charge in [-0.25, -0.2) is 12.8 Å². The molecule has 0 spiro atoms. The van der Waals surface area contributed by atoms with Crippen LogP contribution in [0.25, 0.3) is 10.8 Å². The lowest BCUT2D eigenvalue weighted by Gasteiger charge is -2.09. The number of halogens is 1. The van der Waals surface area contributed by atoms with Crippen LogP contribution in [0.15, 0.2) is 39.1 Å². The van der Waals surface area contributed by atoms with E-state index in [2.05, 4.69) is 14.9 Å². The SMILES string of the molecule is COc1ccc(S(=O)(=O)Nc2ccsc2-c2nc(C3CC3)no2)cc1F. The summed E-state index contributed by atoms with van der Waals surface area (Å²) in [5.41, 5.74) is 0.303. The van der Waals surface area contributed by atoms with E-state index in [0.29, 0.717) is 22.3 Å². The summed E-state index contributed by atoms with van der Waals surface area (Å²) in [5, 5.41) is 5.65. The van der Waals surface area contributed by atoms with Crippen LogP contribution in [-0.2, 0) is 10.0 Å². The van der Waals surface area contributed by atoms with Crippen molar-refractivity contribution < 1.29 is 22.1 Å². The molecule has 2 heterocycles. The van der Waals surface area contributed by atoms with Gasteiger partial charge in [-0.1, -0.05) is 5.16 Å². The minimum atomic E-state index is -3.99. The third-order valence-electron chi connectivity index (χ3n) is 3.92. The highest BCUT2D eigenvalue weighted by Gasteiger charge is 2.30. The topological polar surface area (TPSA) is 94.3 Å². The quantitative estimate of drug-likeness (QED) is 0.685. The van der Waals surface area contributed by atoms with Gasteiger partial charge in [0.15, 0.2) is 17.4 Å². The molecule has 136 valence electrons. The number of benzene rings is 1. The Bertz CT molecular complexity index is 1060. The molecule has 0 saturated heterocycles. The molecule has 1 aliphatic rings. The van der Waals surface area contributed by atoms with Crippen molar-refractivity contribution in [1.29, 1.82) is 0 Å². The molecule has 26 heavy (non-hydrogen) atoms. The molecule has 0 unspecified atom stereocenters. The first-order valence-corrected chi connectivity index (χ1v) is 10.1. The number of nitrogens with one attached hydrogen (secondary N) is 1. The van der Waals surface area contributed by atoms with Crippen molar-refractivity contribution in [3.63, 3.8) is 0 Å². The summed E-state index contributed by atoms with van der Waals surface area (Å²) in [6.45, 7) is 0.